The predicted molar refractivity (Wildman–Crippen MR) is 42.4 cm³/mol. The van der Waals surface area contributed by atoms with Gasteiger partial charge in [-0.1, -0.05) is 0 Å². The van der Waals surface area contributed by atoms with Gasteiger partial charge in [-0.15, -0.1) is 11.6 Å². The van der Waals surface area contributed by atoms with Gasteiger partial charge in [0.25, 0.3) is 0 Å². The molecule has 0 aromatic carbocycles. The van der Waals surface area contributed by atoms with E-state index in [0.29, 0.717) is 0 Å². The molecule has 0 saturated carbocycles. The zero-order valence-corrected chi connectivity index (χ0v) is 6.78. The number of hydrogen-bond donors (Lipinski definition) is 1. The fraction of sp³-hybridized carbons (Fsp3) is 0.571. The monoisotopic (exact) mass is 158 g/mol. The number of H-pyrrole nitrogens is 1. The van der Waals surface area contributed by atoms with Crippen molar-refractivity contribution in [2.24, 2.45) is 0 Å². The van der Waals surface area contributed by atoms with E-state index in [4.69, 9.17) is 11.6 Å². The average molecular weight is 159 g/mol. The van der Waals surface area contributed by atoms with Gasteiger partial charge in [0.15, 0.2) is 0 Å². The summed E-state index contributed by atoms with van der Waals surface area (Å²) in [6.07, 6.45) is 3.88. The number of imidazole rings is 1. The molecule has 0 spiro atoms. The lowest BCUT2D eigenvalue weighted by Gasteiger charge is -1.90. The van der Waals surface area contributed by atoms with Crippen LogP contribution in [-0.4, -0.2) is 15.8 Å². The van der Waals surface area contributed by atoms with E-state index in [1.165, 1.54) is 5.69 Å². The number of aromatic nitrogens is 2. The molecule has 0 bridgehead atoms. The Bertz CT molecular complexity index is 195. The maximum Gasteiger partial charge on any atom is 0.103 e. The van der Waals surface area contributed by atoms with Crippen molar-refractivity contribution in [1.29, 1.82) is 0 Å². The zero-order valence-electron chi connectivity index (χ0n) is 6.02. The van der Waals surface area contributed by atoms with Crippen molar-refractivity contribution in [2.75, 3.05) is 5.88 Å². The number of alkyl halides is 1. The predicted octanol–water partition coefficient (Wildman–Crippen LogP) is 1.89. The van der Waals surface area contributed by atoms with E-state index >= 15 is 0 Å². The third-order valence-corrected chi connectivity index (χ3v) is 1.60. The van der Waals surface area contributed by atoms with Gasteiger partial charge >= 0.3 is 0 Å². The smallest absolute Gasteiger partial charge is 0.103 e. The molecular weight excluding hydrogens is 148 g/mol. The van der Waals surface area contributed by atoms with Crippen LogP contribution in [0.5, 0.6) is 0 Å². The molecule has 1 aromatic rings. The Hall–Kier alpha value is -0.500. The Balaban J connectivity index is 2.42. The summed E-state index contributed by atoms with van der Waals surface area (Å²) in [6.45, 7) is 1.95. The summed E-state index contributed by atoms with van der Waals surface area (Å²) in [6, 6.07) is 0. The fourth-order valence-electron chi connectivity index (χ4n) is 0.856. The first-order chi connectivity index (χ1) is 4.83. The molecule has 2 nitrogen and oxygen atoms in total. The van der Waals surface area contributed by atoms with E-state index in [9.17, 15) is 0 Å². The molecule has 1 aromatic heterocycles. The van der Waals surface area contributed by atoms with Crippen molar-refractivity contribution >= 4 is 11.6 Å². The molecular formula is C7H11ClN2. The van der Waals surface area contributed by atoms with E-state index in [2.05, 4.69) is 9.97 Å². The molecule has 0 unspecified atom stereocenters. The van der Waals surface area contributed by atoms with E-state index in [1.54, 1.807) is 0 Å². The van der Waals surface area contributed by atoms with E-state index in [1.807, 2.05) is 13.1 Å². The van der Waals surface area contributed by atoms with Crippen LogP contribution in [0.15, 0.2) is 6.20 Å². The maximum atomic E-state index is 5.52. The second kappa shape index (κ2) is 3.62. The minimum atomic E-state index is 0.720. The minimum Gasteiger partial charge on any atom is -0.346 e. The number of aryl methyl sites for hydroxylation is 2. The van der Waals surface area contributed by atoms with Gasteiger partial charge < -0.3 is 4.98 Å². The highest BCUT2D eigenvalue weighted by molar-refractivity contribution is 6.17. The number of nitrogens with zero attached hydrogens (tertiary/aromatic N) is 1. The lowest BCUT2D eigenvalue weighted by atomic mass is 10.3. The molecule has 10 heavy (non-hydrogen) atoms. The quantitative estimate of drug-likeness (QED) is 0.669. The summed E-state index contributed by atoms with van der Waals surface area (Å²) < 4.78 is 0. The van der Waals surface area contributed by atoms with E-state index in [-0.39, 0.29) is 0 Å². The highest BCUT2D eigenvalue weighted by atomic mass is 35.5. The van der Waals surface area contributed by atoms with Crippen molar-refractivity contribution in [3.63, 3.8) is 0 Å². The number of aromatic amines is 1. The van der Waals surface area contributed by atoms with E-state index in [0.717, 1.165) is 24.5 Å². The van der Waals surface area contributed by atoms with Crippen LogP contribution in [0.4, 0.5) is 0 Å². The second-order valence-corrected chi connectivity index (χ2v) is 2.66. The molecule has 0 radical (unpaired) electrons. The van der Waals surface area contributed by atoms with Crippen molar-refractivity contribution in [1.82, 2.24) is 9.97 Å². The van der Waals surface area contributed by atoms with Crippen molar-refractivity contribution < 1.29 is 0 Å². The standard InChI is InChI=1S/C7H11ClN2/c1-6-9-5-7(10-6)3-2-4-8/h5H,2-4H2,1H3,(H,9,10). The number of rotatable bonds is 3. The number of halogens is 1. The minimum absolute atomic E-state index is 0.720. The summed E-state index contributed by atoms with van der Waals surface area (Å²) in [5.41, 5.74) is 1.18. The first kappa shape index (κ1) is 7.61. The summed E-state index contributed by atoms with van der Waals surface area (Å²) in [4.78, 5) is 7.21. The van der Waals surface area contributed by atoms with Gasteiger partial charge in [-0.3, -0.25) is 0 Å². The molecule has 0 amide bonds. The highest BCUT2D eigenvalue weighted by Crippen LogP contribution is 2.00. The normalized spacial score (nSPS) is 10.2. The topological polar surface area (TPSA) is 28.7 Å². The molecule has 56 valence electrons. The Morgan fingerprint density at radius 2 is 2.50 bits per heavy atom. The Morgan fingerprint density at radius 3 is 3.00 bits per heavy atom. The third kappa shape index (κ3) is 2.03. The van der Waals surface area contributed by atoms with Gasteiger partial charge in [-0.05, 0) is 19.8 Å². The molecule has 1 rings (SSSR count). The second-order valence-electron chi connectivity index (χ2n) is 2.29. The fourth-order valence-corrected chi connectivity index (χ4v) is 0.990. The summed E-state index contributed by atoms with van der Waals surface area (Å²) in [5, 5.41) is 0. The van der Waals surface area contributed by atoms with Gasteiger partial charge in [-0.25, -0.2) is 4.98 Å². The molecule has 3 heteroatoms. The van der Waals surface area contributed by atoms with Crippen molar-refractivity contribution in [3.05, 3.63) is 17.7 Å². The van der Waals surface area contributed by atoms with Crippen LogP contribution in [0, 0.1) is 6.92 Å². The molecule has 0 saturated heterocycles. The van der Waals surface area contributed by atoms with Crippen molar-refractivity contribution in [2.45, 2.75) is 19.8 Å². The van der Waals surface area contributed by atoms with Crippen LogP contribution >= 0.6 is 11.6 Å². The molecule has 0 aliphatic carbocycles. The van der Waals surface area contributed by atoms with Crippen LogP contribution in [0.1, 0.15) is 17.9 Å². The third-order valence-electron chi connectivity index (χ3n) is 1.34. The maximum absolute atomic E-state index is 5.52. The first-order valence-corrected chi connectivity index (χ1v) is 3.93. The van der Waals surface area contributed by atoms with Crippen LogP contribution in [0.2, 0.25) is 0 Å². The molecule has 1 N–H and O–H groups in total. The summed E-state index contributed by atoms with van der Waals surface area (Å²) in [5.74, 6) is 1.70. The van der Waals surface area contributed by atoms with Gasteiger partial charge in [0.05, 0.1) is 0 Å². The molecule has 0 aliphatic heterocycles. The van der Waals surface area contributed by atoms with Gasteiger partial charge in [0.1, 0.15) is 5.82 Å². The Kier molecular flexibility index (Phi) is 2.75. The Labute approximate surface area is 65.6 Å². The SMILES string of the molecule is Cc1ncc(CCCCl)[nH]1. The molecule has 0 fully saturated rings. The first-order valence-electron chi connectivity index (χ1n) is 3.39. The van der Waals surface area contributed by atoms with Gasteiger partial charge in [0, 0.05) is 17.8 Å². The zero-order chi connectivity index (χ0) is 7.40. The number of hydrogen-bond acceptors (Lipinski definition) is 1. The Morgan fingerprint density at radius 1 is 1.70 bits per heavy atom. The lowest BCUT2D eigenvalue weighted by molar-refractivity contribution is 0.894. The van der Waals surface area contributed by atoms with Crippen LogP contribution < -0.4 is 0 Å². The van der Waals surface area contributed by atoms with Gasteiger partial charge in [0.2, 0.25) is 0 Å². The number of nitrogens with one attached hydrogen (secondary N) is 1. The van der Waals surface area contributed by atoms with Crippen LogP contribution in [-0.2, 0) is 6.42 Å². The summed E-state index contributed by atoms with van der Waals surface area (Å²) >= 11 is 5.52. The molecule has 1 heterocycles. The lowest BCUT2D eigenvalue weighted by Crippen LogP contribution is -1.85. The van der Waals surface area contributed by atoms with Crippen LogP contribution in [0.3, 0.4) is 0 Å². The van der Waals surface area contributed by atoms with Crippen LogP contribution in [0.25, 0.3) is 0 Å². The highest BCUT2D eigenvalue weighted by Gasteiger charge is 1.94. The summed E-state index contributed by atoms with van der Waals surface area (Å²) in [7, 11) is 0. The molecule has 0 atom stereocenters. The average Bonchev–Trinajstić information content (AvgIpc) is 2.31. The largest absolute Gasteiger partial charge is 0.346 e. The van der Waals surface area contributed by atoms with Crippen molar-refractivity contribution in [3.8, 4) is 0 Å². The molecule has 0 aliphatic rings. The van der Waals surface area contributed by atoms with E-state index < -0.39 is 0 Å². The van der Waals surface area contributed by atoms with Gasteiger partial charge in [-0.2, -0.15) is 0 Å².